The molecule has 26 heavy (non-hydrogen) atoms. The molecule has 2 rings (SSSR count). The first-order valence-electron chi connectivity index (χ1n) is 9.40. The molecule has 1 saturated heterocycles. The average Bonchev–Trinajstić information content (AvgIpc) is 2.53. The smallest absolute Gasteiger partial charge is 0.186 e. The minimum atomic E-state index is -1.43. The lowest BCUT2D eigenvalue weighted by atomic mass is 9.70. The first-order chi connectivity index (χ1) is 12.1. The molecule has 0 aromatic heterocycles. The quantitative estimate of drug-likeness (QED) is 0.429. The highest BCUT2D eigenvalue weighted by molar-refractivity contribution is 5.24. The summed E-state index contributed by atoms with van der Waals surface area (Å²) in [6.07, 6.45) is -3.86. The van der Waals surface area contributed by atoms with E-state index in [4.69, 9.17) is 9.47 Å². The molecule has 0 unspecified atom stereocenters. The molecule has 1 fully saturated rings. The minimum absolute atomic E-state index is 0.115. The molecule has 0 saturated carbocycles. The molecule has 152 valence electrons. The second kappa shape index (κ2) is 8.65. The van der Waals surface area contributed by atoms with Crippen molar-refractivity contribution in [3.63, 3.8) is 0 Å². The number of hydrogen-bond acceptors (Lipinski definition) is 7. The average molecular weight is 374 g/mol. The van der Waals surface area contributed by atoms with E-state index in [1.807, 2.05) is 0 Å². The van der Waals surface area contributed by atoms with Crippen LogP contribution in [0.15, 0.2) is 11.1 Å². The number of aliphatic hydroxyl groups excluding tert-OH is 5. The van der Waals surface area contributed by atoms with Crippen molar-refractivity contribution in [3.8, 4) is 0 Å². The predicted molar refractivity (Wildman–Crippen MR) is 95.3 cm³/mol. The number of ether oxygens (including phenoxy) is 2. The van der Waals surface area contributed by atoms with Gasteiger partial charge < -0.3 is 35.0 Å². The topological polar surface area (TPSA) is 120 Å². The highest BCUT2D eigenvalue weighted by Crippen LogP contribution is 2.44. The van der Waals surface area contributed by atoms with E-state index < -0.39 is 37.3 Å². The molecule has 1 heterocycles. The van der Waals surface area contributed by atoms with Crippen LogP contribution in [0.1, 0.15) is 53.4 Å². The van der Waals surface area contributed by atoms with Crippen molar-refractivity contribution in [1.29, 1.82) is 0 Å². The summed E-state index contributed by atoms with van der Waals surface area (Å²) in [6.45, 7) is 7.65. The molecule has 5 N–H and O–H groups in total. The maximum absolute atomic E-state index is 10.2. The Morgan fingerprint density at radius 2 is 1.85 bits per heavy atom. The Bertz CT molecular complexity index is 500. The fraction of sp³-hybridized carbons (Fsp3) is 0.895. The molecular formula is C19H34O7. The highest BCUT2D eigenvalue weighted by Gasteiger charge is 2.45. The van der Waals surface area contributed by atoms with Gasteiger partial charge in [0, 0.05) is 0 Å². The molecule has 0 bridgehead atoms. The van der Waals surface area contributed by atoms with Crippen LogP contribution in [0.3, 0.4) is 0 Å². The molecule has 1 aliphatic heterocycles. The van der Waals surface area contributed by atoms with Crippen molar-refractivity contribution in [3.05, 3.63) is 11.1 Å². The van der Waals surface area contributed by atoms with Crippen molar-refractivity contribution in [1.82, 2.24) is 0 Å². The Morgan fingerprint density at radius 3 is 2.38 bits per heavy atom. The predicted octanol–water partition coefficient (Wildman–Crippen LogP) is 0.469. The SMILES string of the molecule is CC1=C(CC[C@H](C)O)C(C)(C)C[C@H](O[C@@H]2O[C@H](CO)[C@@H](O)[C@H](O)[C@H]2O)C1. The van der Waals surface area contributed by atoms with Crippen molar-refractivity contribution in [2.75, 3.05) is 6.61 Å². The van der Waals surface area contributed by atoms with Gasteiger partial charge in [0.2, 0.25) is 0 Å². The Labute approximate surface area is 155 Å². The second-order valence-corrected chi connectivity index (χ2v) is 8.39. The standard InChI is InChI=1S/C19H34O7/c1-10-7-12(8-19(3,4)13(10)6-5-11(2)21)25-18-17(24)16(23)15(22)14(9-20)26-18/h11-12,14-18,20-24H,5-9H2,1-4H3/t11-,12+,14+,15+,16-,17+,18+/m0/s1. The summed E-state index contributed by atoms with van der Waals surface area (Å²) in [6, 6.07) is 0. The summed E-state index contributed by atoms with van der Waals surface area (Å²) < 4.78 is 11.4. The van der Waals surface area contributed by atoms with Gasteiger partial charge >= 0.3 is 0 Å². The zero-order valence-corrected chi connectivity index (χ0v) is 16.1. The first-order valence-corrected chi connectivity index (χ1v) is 9.40. The third-order valence-electron chi connectivity index (χ3n) is 5.59. The second-order valence-electron chi connectivity index (χ2n) is 8.39. The summed E-state index contributed by atoms with van der Waals surface area (Å²) in [4.78, 5) is 0. The molecule has 1 aliphatic carbocycles. The van der Waals surface area contributed by atoms with E-state index in [0.717, 1.165) is 6.42 Å². The Balaban J connectivity index is 2.07. The molecule has 0 spiro atoms. The molecule has 7 nitrogen and oxygen atoms in total. The number of aliphatic hydroxyl groups is 5. The van der Waals surface area contributed by atoms with E-state index >= 15 is 0 Å². The summed E-state index contributed by atoms with van der Waals surface area (Å²) in [5, 5.41) is 48.8. The van der Waals surface area contributed by atoms with Gasteiger partial charge in [-0.2, -0.15) is 0 Å². The van der Waals surface area contributed by atoms with Gasteiger partial charge in [-0.05, 0) is 44.9 Å². The fourth-order valence-corrected chi connectivity index (χ4v) is 4.18. The Hall–Kier alpha value is -0.540. The number of allylic oxidation sites excluding steroid dienone is 1. The molecule has 7 atom stereocenters. The van der Waals surface area contributed by atoms with Gasteiger partial charge in [0.1, 0.15) is 24.4 Å². The van der Waals surface area contributed by atoms with Crippen LogP contribution in [-0.4, -0.2) is 75.1 Å². The van der Waals surface area contributed by atoms with Crippen LogP contribution in [0.2, 0.25) is 0 Å². The lowest BCUT2D eigenvalue weighted by molar-refractivity contribution is -0.313. The van der Waals surface area contributed by atoms with E-state index in [0.29, 0.717) is 19.3 Å². The van der Waals surface area contributed by atoms with Crippen LogP contribution < -0.4 is 0 Å². The first kappa shape index (κ1) is 21.8. The molecule has 7 heteroatoms. The normalized spacial score (nSPS) is 39.1. The maximum atomic E-state index is 10.2. The molecule has 0 amide bonds. The van der Waals surface area contributed by atoms with E-state index in [1.54, 1.807) is 6.92 Å². The summed E-state index contributed by atoms with van der Waals surface area (Å²) in [5.41, 5.74) is 2.42. The van der Waals surface area contributed by atoms with Crippen LogP contribution in [0.4, 0.5) is 0 Å². The van der Waals surface area contributed by atoms with Gasteiger partial charge in [0.15, 0.2) is 6.29 Å². The van der Waals surface area contributed by atoms with Crippen molar-refractivity contribution in [2.24, 2.45) is 5.41 Å². The molecule has 0 radical (unpaired) electrons. The molecule has 0 aromatic rings. The molecule has 2 aliphatic rings. The van der Waals surface area contributed by atoms with E-state index in [1.165, 1.54) is 11.1 Å². The Morgan fingerprint density at radius 1 is 1.19 bits per heavy atom. The molecular weight excluding hydrogens is 340 g/mol. The van der Waals surface area contributed by atoms with E-state index in [-0.39, 0.29) is 17.6 Å². The van der Waals surface area contributed by atoms with Gasteiger partial charge in [-0.25, -0.2) is 0 Å². The van der Waals surface area contributed by atoms with Gasteiger partial charge in [-0.1, -0.05) is 25.0 Å². The van der Waals surface area contributed by atoms with Crippen molar-refractivity contribution < 1.29 is 35.0 Å². The van der Waals surface area contributed by atoms with Crippen LogP contribution in [0.5, 0.6) is 0 Å². The summed E-state index contributed by atoms with van der Waals surface area (Å²) in [5.74, 6) is 0. The summed E-state index contributed by atoms with van der Waals surface area (Å²) in [7, 11) is 0. The third-order valence-corrected chi connectivity index (χ3v) is 5.59. The van der Waals surface area contributed by atoms with Gasteiger partial charge in [0.25, 0.3) is 0 Å². The third kappa shape index (κ3) is 4.84. The molecule has 0 aromatic carbocycles. The van der Waals surface area contributed by atoms with Crippen molar-refractivity contribution >= 4 is 0 Å². The van der Waals surface area contributed by atoms with Crippen LogP contribution in [0, 0.1) is 5.41 Å². The highest BCUT2D eigenvalue weighted by atomic mass is 16.7. The Kier molecular flexibility index (Phi) is 7.23. The van der Waals surface area contributed by atoms with E-state index in [2.05, 4.69) is 20.8 Å². The van der Waals surface area contributed by atoms with Gasteiger partial charge in [0.05, 0.1) is 18.8 Å². The van der Waals surface area contributed by atoms with Gasteiger partial charge in [-0.15, -0.1) is 0 Å². The zero-order chi connectivity index (χ0) is 19.6. The largest absolute Gasteiger partial charge is 0.394 e. The minimum Gasteiger partial charge on any atom is -0.394 e. The fourth-order valence-electron chi connectivity index (χ4n) is 4.18. The zero-order valence-electron chi connectivity index (χ0n) is 16.1. The number of rotatable bonds is 6. The lowest BCUT2D eigenvalue weighted by Crippen LogP contribution is -2.59. The lowest BCUT2D eigenvalue weighted by Gasteiger charge is -2.44. The summed E-state index contributed by atoms with van der Waals surface area (Å²) >= 11 is 0. The van der Waals surface area contributed by atoms with Crippen LogP contribution >= 0.6 is 0 Å². The van der Waals surface area contributed by atoms with E-state index in [9.17, 15) is 25.5 Å². The van der Waals surface area contributed by atoms with Crippen molar-refractivity contribution in [2.45, 2.75) is 96.3 Å². The maximum Gasteiger partial charge on any atom is 0.186 e. The van der Waals surface area contributed by atoms with Crippen LogP contribution in [-0.2, 0) is 9.47 Å². The van der Waals surface area contributed by atoms with Crippen LogP contribution in [0.25, 0.3) is 0 Å². The van der Waals surface area contributed by atoms with Gasteiger partial charge in [-0.3, -0.25) is 0 Å². The number of hydrogen-bond donors (Lipinski definition) is 5. The monoisotopic (exact) mass is 374 g/mol.